The molecule has 0 aromatic carbocycles. The van der Waals surface area contributed by atoms with E-state index >= 15 is 0 Å². The first-order valence-electron chi connectivity index (χ1n) is 19.2. The smallest absolute Gasteiger partial charge is 0.462 e. The zero-order valence-corrected chi connectivity index (χ0v) is 31.4. The molecular weight excluding hydrogens is 627 g/mol. The minimum Gasteiger partial charge on any atom is -0.462 e. The van der Waals surface area contributed by atoms with Crippen molar-refractivity contribution in [2.24, 2.45) is 0 Å². The lowest BCUT2D eigenvalue weighted by atomic mass is 10.0. The minimum absolute atomic E-state index is 0.204. The fraction of sp³-hybridized carbons (Fsp3) is 0.795. The summed E-state index contributed by atoms with van der Waals surface area (Å²) in [5.74, 6) is -0.924. The lowest BCUT2D eigenvalue weighted by Gasteiger charge is -2.18. The molecule has 0 saturated heterocycles. The van der Waals surface area contributed by atoms with Crippen molar-refractivity contribution in [1.82, 2.24) is 0 Å². The van der Waals surface area contributed by atoms with Crippen LogP contribution < -0.4 is 0 Å². The molecule has 0 fully saturated rings. The Labute approximate surface area is 293 Å². The van der Waals surface area contributed by atoms with Crippen molar-refractivity contribution >= 4 is 19.8 Å². The van der Waals surface area contributed by atoms with E-state index in [1.807, 2.05) is 6.08 Å². The second-order valence-corrected chi connectivity index (χ2v) is 14.2. The van der Waals surface area contributed by atoms with Crippen LogP contribution in [0.2, 0.25) is 0 Å². The van der Waals surface area contributed by atoms with Crippen molar-refractivity contribution in [3.05, 3.63) is 37.0 Å². The Bertz CT molecular complexity index is 866. The van der Waals surface area contributed by atoms with E-state index in [0.717, 1.165) is 51.4 Å². The van der Waals surface area contributed by atoms with E-state index in [4.69, 9.17) is 19.3 Å². The molecule has 0 saturated carbocycles. The molecule has 0 radical (unpaired) electrons. The Morgan fingerprint density at radius 2 is 1.04 bits per heavy atom. The molecule has 48 heavy (non-hydrogen) atoms. The number of carbonyl (C=O) groups excluding carboxylic acids is 2. The number of allylic oxidation sites excluding steroid dienone is 5. The van der Waals surface area contributed by atoms with Crippen LogP contribution in [0, 0.1) is 0 Å². The Morgan fingerprint density at radius 1 is 0.604 bits per heavy atom. The van der Waals surface area contributed by atoms with Gasteiger partial charge in [0.05, 0.1) is 6.61 Å². The number of phosphoric acid groups is 1. The average molecular weight is 699 g/mol. The van der Waals surface area contributed by atoms with Crippen molar-refractivity contribution < 1.29 is 37.9 Å². The van der Waals surface area contributed by atoms with Crippen LogP contribution in [-0.2, 0) is 28.2 Å². The van der Waals surface area contributed by atoms with Gasteiger partial charge in [0.15, 0.2) is 6.10 Å². The number of ether oxygens (including phenoxy) is 2. The number of esters is 2. The monoisotopic (exact) mass is 698 g/mol. The summed E-state index contributed by atoms with van der Waals surface area (Å²) in [4.78, 5) is 42.7. The van der Waals surface area contributed by atoms with E-state index in [2.05, 4.69) is 42.3 Å². The third kappa shape index (κ3) is 37.1. The molecule has 0 aliphatic carbocycles. The quantitative estimate of drug-likeness (QED) is 0.0287. The summed E-state index contributed by atoms with van der Waals surface area (Å²) >= 11 is 0. The summed E-state index contributed by atoms with van der Waals surface area (Å²) in [6, 6.07) is 0. The van der Waals surface area contributed by atoms with Gasteiger partial charge in [0.25, 0.3) is 0 Å². The Balaban J connectivity index is 3.99. The number of phosphoric ester groups is 1. The normalized spacial score (nSPS) is 12.6. The summed E-state index contributed by atoms with van der Waals surface area (Å²) in [6.45, 7) is 5.16. The number of carbonyl (C=O) groups is 2. The van der Waals surface area contributed by atoms with Gasteiger partial charge < -0.3 is 19.3 Å². The van der Waals surface area contributed by atoms with Crippen molar-refractivity contribution in [2.75, 3.05) is 13.2 Å². The second-order valence-electron chi connectivity index (χ2n) is 13.0. The first-order valence-corrected chi connectivity index (χ1v) is 20.8. The maximum atomic E-state index is 12.4. The van der Waals surface area contributed by atoms with Gasteiger partial charge in [-0.05, 0) is 57.8 Å². The van der Waals surface area contributed by atoms with E-state index in [1.165, 1.54) is 96.3 Å². The molecular formula is C39H71O8P. The predicted octanol–water partition coefficient (Wildman–Crippen LogP) is 11.4. The molecule has 0 unspecified atom stereocenters. The van der Waals surface area contributed by atoms with Crippen molar-refractivity contribution in [3.8, 4) is 0 Å². The zero-order chi connectivity index (χ0) is 35.4. The molecule has 0 aliphatic heterocycles. The standard InChI is InChI=1S/C39H71O8P/c1-3-5-7-9-11-13-15-17-19-21-23-25-27-29-31-33-38(40)45-35-37(36-46-48(42,43)44)47-39(41)34-32-30-28-26-24-22-20-18-16-14-12-10-8-6-4-2/h4,17,19,23,25,37H,2-3,5-16,18,20-22,24,26-36H2,1H3,(H2,42,43,44)/b19-17+,25-23+/t37-/m1/s1. The largest absolute Gasteiger partial charge is 0.469 e. The van der Waals surface area contributed by atoms with Gasteiger partial charge in [-0.2, -0.15) is 0 Å². The van der Waals surface area contributed by atoms with Gasteiger partial charge in [-0.25, -0.2) is 4.57 Å². The first-order chi connectivity index (χ1) is 23.3. The van der Waals surface area contributed by atoms with E-state index in [0.29, 0.717) is 12.8 Å². The average Bonchev–Trinajstić information content (AvgIpc) is 3.05. The highest BCUT2D eigenvalue weighted by molar-refractivity contribution is 7.46. The van der Waals surface area contributed by atoms with Crippen molar-refractivity contribution in [1.29, 1.82) is 0 Å². The number of hydrogen-bond donors (Lipinski definition) is 2. The van der Waals surface area contributed by atoms with E-state index in [1.54, 1.807) is 0 Å². The summed E-state index contributed by atoms with van der Waals surface area (Å²) in [6.07, 6.45) is 39.0. The molecule has 0 aliphatic rings. The number of hydrogen-bond acceptors (Lipinski definition) is 6. The van der Waals surface area contributed by atoms with E-state index in [9.17, 15) is 14.2 Å². The van der Waals surface area contributed by atoms with Crippen LogP contribution in [0.15, 0.2) is 37.0 Å². The zero-order valence-electron chi connectivity index (χ0n) is 30.5. The van der Waals surface area contributed by atoms with Crippen LogP contribution in [0.5, 0.6) is 0 Å². The predicted molar refractivity (Wildman–Crippen MR) is 198 cm³/mol. The van der Waals surface area contributed by atoms with Crippen molar-refractivity contribution in [3.63, 3.8) is 0 Å². The maximum absolute atomic E-state index is 12.4. The van der Waals surface area contributed by atoms with Gasteiger partial charge in [0, 0.05) is 12.8 Å². The fourth-order valence-electron chi connectivity index (χ4n) is 5.38. The molecule has 8 nitrogen and oxygen atoms in total. The third-order valence-electron chi connectivity index (χ3n) is 8.28. The van der Waals surface area contributed by atoms with E-state index in [-0.39, 0.29) is 19.4 Å². The molecule has 0 bridgehead atoms. The third-order valence-corrected chi connectivity index (χ3v) is 8.76. The maximum Gasteiger partial charge on any atom is 0.469 e. The molecule has 9 heteroatoms. The molecule has 0 aromatic rings. The van der Waals surface area contributed by atoms with Gasteiger partial charge in [-0.3, -0.25) is 14.1 Å². The minimum atomic E-state index is -4.76. The van der Waals surface area contributed by atoms with Crippen LogP contribution in [0.1, 0.15) is 180 Å². The van der Waals surface area contributed by atoms with Gasteiger partial charge in [0.2, 0.25) is 0 Å². The highest BCUT2D eigenvalue weighted by Crippen LogP contribution is 2.36. The Kier molecular flexibility index (Phi) is 33.8. The highest BCUT2D eigenvalue weighted by atomic mass is 31.2. The molecule has 280 valence electrons. The molecule has 0 amide bonds. The molecule has 0 heterocycles. The van der Waals surface area contributed by atoms with Crippen LogP contribution in [-0.4, -0.2) is 41.0 Å². The van der Waals surface area contributed by atoms with Gasteiger partial charge in [0.1, 0.15) is 6.61 Å². The van der Waals surface area contributed by atoms with Crippen molar-refractivity contribution in [2.45, 2.75) is 186 Å². The SMILES string of the molecule is C=CCCCCCCCCCCCCCCCC(=O)O[C@H](COC(=O)CCCC/C=C/C/C=C/CCCCCCCC)COP(=O)(O)O. The summed E-state index contributed by atoms with van der Waals surface area (Å²) in [5, 5.41) is 0. The highest BCUT2D eigenvalue weighted by Gasteiger charge is 2.22. The molecule has 2 N–H and O–H groups in total. The molecule has 0 rings (SSSR count). The van der Waals surface area contributed by atoms with Crippen LogP contribution in [0.25, 0.3) is 0 Å². The van der Waals surface area contributed by atoms with Crippen LogP contribution >= 0.6 is 7.82 Å². The molecule has 0 aromatic heterocycles. The van der Waals surface area contributed by atoms with Crippen LogP contribution in [0.4, 0.5) is 0 Å². The van der Waals surface area contributed by atoms with Gasteiger partial charge in [-0.1, -0.05) is 140 Å². The Morgan fingerprint density at radius 3 is 1.56 bits per heavy atom. The lowest BCUT2D eigenvalue weighted by Crippen LogP contribution is -2.29. The van der Waals surface area contributed by atoms with E-state index < -0.39 is 32.5 Å². The molecule has 1 atom stereocenters. The second kappa shape index (κ2) is 35.1. The molecule has 0 spiro atoms. The number of rotatable bonds is 36. The Hall–Kier alpha value is -1.73. The fourth-order valence-corrected chi connectivity index (χ4v) is 5.74. The van der Waals surface area contributed by atoms with Gasteiger partial charge in [-0.15, -0.1) is 6.58 Å². The summed E-state index contributed by atoms with van der Waals surface area (Å²) < 4.78 is 26.3. The lowest BCUT2D eigenvalue weighted by molar-refractivity contribution is -0.161. The summed E-state index contributed by atoms with van der Waals surface area (Å²) in [5.41, 5.74) is 0. The number of unbranched alkanes of at least 4 members (excludes halogenated alkanes) is 21. The van der Waals surface area contributed by atoms with Crippen LogP contribution in [0.3, 0.4) is 0 Å². The summed E-state index contributed by atoms with van der Waals surface area (Å²) in [7, 11) is -4.76. The van der Waals surface area contributed by atoms with Gasteiger partial charge >= 0.3 is 19.8 Å². The topological polar surface area (TPSA) is 119 Å². The first kappa shape index (κ1) is 46.3.